The normalized spacial score (nSPS) is 19.7. The van der Waals surface area contributed by atoms with E-state index < -0.39 is 127 Å². The molecule has 11 rings (SSSR count). The number of alkyl carbamates (subject to hydrolysis) is 2. The third-order valence-electron chi connectivity index (χ3n) is 19.0. The van der Waals surface area contributed by atoms with Gasteiger partial charge in [0.15, 0.2) is 12.6 Å². The van der Waals surface area contributed by atoms with Crippen LogP contribution in [0.3, 0.4) is 0 Å². The van der Waals surface area contributed by atoms with Crippen LogP contribution < -0.4 is 20.1 Å². The molecule has 7 aromatic rings. The highest BCUT2D eigenvalue weighted by Crippen LogP contribution is 2.51. The number of aliphatic hydroxyl groups is 1. The summed E-state index contributed by atoms with van der Waals surface area (Å²) in [6, 6.07) is 56.6. The van der Waals surface area contributed by atoms with E-state index in [-0.39, 0.29) is 87.1 Å². The summed E-state index contributed by atoms with van der Waals surface area (Å²) < 4.78 is 161. The van der Waals surface area contributed by atoms with Crippen LogP contribution in [-0.2, 0) is 114 Å². The summed E-state index contributed by atoms with van der Waals surface area (Å²) in [7, 11) is -14.2. The Hall–Kier alpha value is -7.52. The summed E-state index contributed by atoms with van der Waals surface area (Å²) >= 11 is 0. The maximum absolute atomic E-state index is 15.0. The van der Waals surface area contributed by atoms with Crippen LogP contribution in [0.25, 0.3) is 0 Å². The van der Waals surface area contributed by atoms with E-state index in [9.17, 15) is 42.0 Å². The standard InChI is InChI=1S/C50H59N2O12PS.C29H41N2O12PS/c1-50(2,61-37-65(54,62-33-40-20-12-6-13-21-40)63-34-41-22-14-7-15-23-41)36-52(66(55,56)43-26-24-42(57-3)25-27-43)31-46(59-32-39-18-10-5-11-19-39)45(30-38-16-8-4-9-17-38)51-49(53)64-47-35-60-48-44(47)28-29-58-48;1-29(2,42-19-44(34,35)36)18-31(45(37,38)22-11-9-21(39-3)10-12-22)16-25(32)24(15-20-7-5-4-6-8-20)30-28(33)43-26-17-41-27-23(26)13-14-40-27/h4-27,44-48H,28-37H2,1-3H3,(H,51,53);4-12,23-27,32H,13-19H2,1-3H3,(H,30,33)(H2,34,35,36). The third-order valence-corrected chi connectivity index (χ3v) is 24.6. The lowest BCUT2D eigenvalue weighted by Gasteiger charge is -2.37. The minimum absolute atomic E-state index is 0.00384. The predicted octanol–water partition coefficient (Wildman–Crippen LogP) is 10.8. The van der Waals surface area contributed by atoms with Crippen molar-refractivity contribution in [3.63, 3.8) is 0 Å². The molecular weight excluding hydrogens is 1510 g/mol. The molecule has 0 saturated carbocycles. The quantitative estimate of drug-likeness (QED) is 0.0223. The third kappa shape index (κ3) is 26.0. The fraction of sp³-hybridized carbons (Fsp3) is 0.443. The molecule has 0 radical (unpaired) electrons. The van der Waals surface area contributed by atoms with Gasteiger partial charge in [0.05, 0.1) is 118 Å². The average Bonchev–Trinajstić information content (AvgIpc) is 1.06. The molecule has 0 spiro atoms. The fourth-order valence-electron chi connectivity index (χ4n) is 13.0. The monoisotopic (exact) mass is 1610 g/mol. The first-order valence-electron chi connectivity index (χ1n) is 36.4. The van der Waals surface area contributed by atoms with E-state index in [1.807, 2.05) is 140 Å². The van der Waals surface area contributed by atoms with Crippen LogP contribution in [0.1, 0.15) is 68.4 Å². The lowest BCUT2D eigenvalue weighted by molar-refractivity contribution is -0.0909. The molecule has 4 saturated heterocycles. The van der Waals surface area contributed by atoms with Crippen molar-refractivity contribution in [1.29, 1.82) is 0 Å². The van der Waals surface area contributed by atoms with E-state index in [1.165, 1.54) is 68.8 Å². The van der Waals surface area contributed by atoms with Crippen LogP contribution in [-0.4, -0.2) is 192 Å². The van der Waals surface area contributed by atoms with E-state index in [4.69, 9.17) is 61.2 Å². The molecule has 111 heavy (non-hydrogen) atoms. The van der Waals surface area contributed by atoms with Gasteiger partial charge in [-0.15, -0.1) is 0 Å². The van der Waals surface area contributed by atoms with Crippen molar-refractivity contribution in [3.05, 3.63) is 228 Å². The topological polar surface area (TPSA) is 348 Å². The predicted molar refractivity (Wildman–Crippen MR) is 409 cm³/mol. The van der Waals surface area contributed by atoms with Crippen molar-refractivity contribution in [3.8, 4) is 11.5 Å². The van der Waals surface area contributed by atoms with Crippen molar-refractivity contribution < 1.29 is 112 Å². The van der Waals surface area contributed by atoms with Gasteiger partial charge in [0.1, 0.15) is 36.4 Å². The van der Waals surface area contributed by atoms with Crippen LogP contribution in [0.5, 0.6) is 11.5 Å². The molecule has 28 nitrogen and oxygen atoms in total. The first-order valence-corrected chi connectivity index (χ1v) is 42.8. The molecule has 7 aromatic carbocycles. The van der Waals surface area contributed by atoms with Crippen molar-refractivity contribution in [2.24, 2.45) is 11.8 Å². The number of hydrogen-bond acceptors (Lipinski definition) is 22. The largest absolute Gasteiger partial charge is 0.497 e. The first-order chi connectivity index (χ1) is 53.0. The molecule has 5 N–H and O–H groups in total. The Kier molecular flexibility index (Phi) is 30.9. The number of nitrogens with one attached hydrogen (secondary N) is 2. The number of methoxy groups -OCH3 is 2. The molecule has 4 aliphatic heterocycles. The Labute approximate surface area is 649 Å². The average molecular weight is 1620 g/mol. The van der Waals surface area contributed by atoms with Crippen LogP contribution >= 0.6 is 15.2 Å². The number of carbonyl (C=O) groups is 2. The number of rotatable bonds is 39. The molecular formula is C79H100N4O24P2S2. The van der Waals surface area contributed by atoms with Gasteiger partial charge in [0.25, 0.3) is 0 Å². The highest BCUT2D eigenvalue weighted by molar-refractivity contribution is 7.89. The number of hydrogen-bond donors (Lipinski definition) is 5. The Morgan fingerprint density at radius 3 is 1.28 bits per heavy atom. The number of nitrogens with zero attached hydrogens (tertiary/aromatic N) is 2. The highest BCUT2D eigenvalue weighted by atomic mass is 32.2. The maximum Gasteiger partial charge on any atom is 0.407 e. The zero-order chi connectivity index (χ0) is 79.2. The number of aliphatic hydroxyl groups excluding tert-OH is 1. The summed E-state index contributed by atoms with van der Waals surface area (Å²) in [6.07, 6.45) is -5.45. The Morgan fingerprint density at radius 2 is 0.874 bits per heavy atom. The van der Waals surface area contributed by atoms with Crippen LogP contribution in [0, 0.1) is 11.8 Å². The van der Waals surface area contributed by atoms with Gasteiger partial charge < -0.3 is 86.7 Å². The van der Waals surface area contributed by atoms with E-state index in [0.29, 0.717) is 37.6 Å². The van der Waals surface area contributed by atoms with Gasteiger partial charge in [-0.05, 0) is 130 Å². The summed E-state index contributed by atoms with van der Waals surface area (Å²) in [5.41, 5.74) is 1.38. The van der Waals surface area contributed by atoms with Gasteiger partial charge in [-0.25, -0.2) is 26.4 Å². The molecule has 4 aliphatic rings. The highest BCUT2D eigenvalue weighted by Gasteiger charge is 2.47. The molecule has 0 aliphatic carbocycles. The second-order valence-corrected chi connectivity index (χ2v) is 36.0. The van der Waals surface area contributed by atoms with Gasteiger partial charge in [-0.1, -0.05) is 152 Å². The van der Waals surface area contributed by atoms with Crippen LogP contribution in [0.2, 0.25) is 0 Å². The maximum atomic E-state index is 15.0. The molecule has 602 valence electrons. The van der Waals surface area contributed by atoms with Gasteiger partial charge >= 0.3 is 27.4 Å². The number of carbonyl (C=O) groups excluding carboxylic acids is 2. The Morgan fingerprint density at radius 1 is 0.505 bits per heavy atom. The number of benzene rings is 7. The minimum Gasteiger partial charge on any atom is -0.497 e. The molecule has 4 heterocycles. The zero-order valence-corrected chi connectivity index (χ0v) is 66.3. The van der Waals surface area contributed by atoms with Gasteiger partial charge in [-0.2, -0.15) is 8.61 Å². The van der Waals surface area contributed by atoms with Crippen molar-refractivity contribution in [2.45, 2.75) is 143 Å². The van der Waals surface area contributed by atoms with Crippen molar-refractivity contribution in [2.75, 3.05) is 79.5 Å². The molecule has 2 amide bonds. The molecule has 0 aromatic heterocycles. The molecule has 0 bridgehead atoms. The summed E-state index contributed by atoms with van der Waals surface area (Å²) in [6.45, 7) is 6.48. The van der Waals surface area contributed by atoms with E-state index in [1.54, 1.807) is 38.1 Å². The second kappa shape index (κ2) is 40.0. The number of ether oxygens (including phenoxy) is 11. The fourth-order valence-corrected chi connectivity index (χ4v) is 18.1. The SMILES string of the molecule is COc1ccc(S(=O)(=O)N(CC(O)C(Cc2ccccc2)NC(=O)OC2COC3OCCC23)CC(C)(C)OCP(=O)(O)O)cc1.COc1ccc(S(=O)(=O)N(CC(OCc2ccccc2)C(Cc2ccccc2)NC(=O)OC2COC3OCCC23)CC(C)(C)OCP(=O)(OCc2ccccc2)OCc2ccccc2)cc1. The van der Waals surface area contributed by atoms with E-state index in [2.05, 4.69) is 10.6 Å². The second-order valence-electron chi connectivity index (χ2n) is 28.5. The minimum atomic E-state index is -4.56. The Balaban J connectivity index is 0.000000254. The van der Waals surface area contributed by atoms with Gasteiger partial charge in [0.2, 0.25) is 20.0 Å². The lowest BCUT2D eigenvalue weighted by atomic mass is 10.0. The summed E-state index contributed by atoms with van der Waals surface area (Å²) in [5.74, 6) is 0.709. The van der Waals surface area contributed by atoms with Crippen LogP contribution in [0.4, 0.5) is 9.59 Å². The Bertz CT molecular complexity index is 4330. The van der Waals surface area contributed by atoms with Crippen molar-refractivity contribution >= 4 is 47.4 Å². The molecule has 10 unspecified atom stereocenters. The van der Waals surface area contributed by atoms with Crippen molar-refractivity contribution in [1.82, 2.24) is 19.2 Å². The molecule has 4 fully saturated rings. The van der Waals surface area contributed by atoms with E-state index >= 15 is 8.42 Å². The zero-order valence-electron chi connectivity index (χ0n) is 62.9. The summed E-state index contributed by atoms with van der Waals surface area (Å²) in [5, 5.41) is 17.3. The van der Waals surface area contributed by atoms with Gasteiger partial charge in [-0.3, -0.25) is 9.13 Å². The first kappa shape index (κ1) is 85.9. The van der Waals surface area contributed by atoms with Gasteiger partial charge in [0, 0.05) is 26.2 Å². The number of fused-ring (bicyclic) bond motifs is 2. The van der Waals surface area contributed by atoms with E-state index in [0.717, 1.165) is 32.1 Å². The smallest absolute Gasteiger partial charge is 0.407 e. The number of amides is 2. The molecule has 10 atom stereocenters. The molecule has 32 heteroatoms. The number of sulfonamides is 2. The van der Waals surface area contributed by atoms with Crippen LogP contribution in [0.15, 0.2) is 210 Å². The lowest BCUT2D eigenvalue weighted by Crippen LogP contribution is -2.54. The summed E-state index contributed by atoms with van der Waals surface area (Å²) in [4.78, 5) is 45.6.